The largest absolute Gasteiger partial charge is 0.507 e. The summed E-state index contributed by atoms with van der Waals surface area (Å²) in [5.41, 5.74) is 5.62. The van der Waals surface area contributed by atoms with Crippen molar-refractivity contribution in [3.05, 3.63) is 55.8 Å². The number of rotatable bonds is 6. The van der Waals surface area contributed by atoms with Crippen molar-refractivity contribution in [3.8, 4) is 5.75 Å². The first-order valence-corrected chi connectivity index (χ1v) is 11.3. The van der Waals surface area contributed by atoms with Gasteiger partial charge < -0.3 is 5.11 Å². The van der Waals surface area contributed by atoms with E-state index in [9.17, 15) is 9.90 Å². The van der Waals surface area contributed by atoms with Gasteiger partial charge in [0.2, 0.25) is 0 Å². The molecular formula is C25H32O2S. The average molecular weight is 397 g/mol. The lowest BCUT2D eigenvalue weighted by atomic mass is 9.68. The van der Waals surface area contributed by atoms with Crippen molar-refractivity contribution in [2.75, 3.05) is 0 Å². The normalized spacial score (nSPS) is 15.8. The van der Waals surface area contributed by atoms with Gasteiger partial charge in [-0.2, -0.15) is 0 Å². The van der Waals surface area contributed by atoms with Crippen LogP contribution in [-0.2, 0) is 19.3 Å². The molecule has 1 aliphatic rings. The second-order valence-corrected chi connectivity index (χ2v) is 9.38. The van der Waals surface area contributed by atoms with E-state index in [1.807, 2.05) is 31.3 Å². The summed E-state index contributed by atoms with van der Waals surface area (Å²) in [6, 6.07) is 3.54. The molecule has 2 nitrogen and oxygen atoms in total. The molecule has 0 unspecified atom stereocenters. The Morgan fingerprint density at radius 1 is 1.14 bits per heavy atom. The van der Waals surface area contributed by atoms with Gasteiger partial charge in [-0.25, -0.2) is 0 Å². The monoisotopic (exact) mass is 396 g/mol. The molecule has 1 aromatic heterocycles. The number of phenolic OH excluding ortho intramolecular Hbond substituents is 1. The summed E-state index contributed by atoms with van der Waals surface area (Å²) in [7, 11) is 0. The summed E-state index contributed by atoms with van der Waals surface area (Å²) in [6.07, 6.45) is 10.8. The fourth-order valence-corrected chi connectivity index (χ4v) is 5.74. The number of carbonyl (C=O) groups excluding carboxylic acids is 1. The van der Waals surface area contributed by atoms with E-state index in [0.29, 0.717) is 11.0 Å². The van der Waals surface area contributed by atoms with Crippen LogP contribution in [0.4, 0.5) is 0 Å². The molecule has 28 heavy (non-hydrogen) atoms. The lowest BCUT2D eigenvalue weighted by molar-refractivity contribution is 0.104. The Hall–Kier alpha value is -1.87. The Balaban J connectivity index is 1.90. The number of allylic oxidation sites excluding steroid dienone is 1. The predicted molar refractivity (Wildman–Crippen MR) is 120 cm³/mol. The van der Waals surface area contributed by atoms with Gasteiger partial charge in [0.15, 0.2) is 5.78 Å². The second kappa shape index (κ2) is 8.24. The van der Waals surface area contributed by atoms with Gasteiger partial charge in [-0.15, -0.1) is 11.3 Å². The summed E-state index contributed by atoms with van der Waals surface area (Å²) in [5.74, 6) is 0.273. The molecule has 1 aromatic carbocycles. The maximum Gasteiger partial charge on any atom is 0.185 e. The zero-order valence-electron chi connectivity index (χ0n) is 17.8. The van der Waals surface area contributed by atoms with Crippen LogP contribution in [0, 0.1) is 19.3 Å². The van der Waals surface area contributed by atoms with Crippen LogP contribution in [0.5, 0.6) is 5.75 Å². The van der Waals surface area contributed by atoms with Gasteiger partial charge in [0.1, 0.15) is 5.75 Å². The Kier molecular flexibility index (Phi) is 6.14. The van der Waals surface area contributed by atoms with Gasteiger partial charge in [0.25, 0.3) is 0 Å². The van der Waals surface area contributed by atoms with E-state index in [-0.39, 0.29) is 11.5 Å². The molecule has 1 N–H and O–H groups in total. The first-order chi connectivity index (χ1) is 13.3. The van der Waals surface area contributed by atoms with E-state index >= 15 is 0 Å². The van der Waals surface area contributed by atoms with Gasteiger partial charge in [0, 0.05) is 15.3 Å². The van der Waals surface area contributed by atoms with Crippen LogP contribution in [0.25, 0.3) is 6.08 Å². The number of ketones is 1. The highest BCUT2D eigenvalue weighted by atomic mass is 32.1. The number of phenols is 1. The van der Waals surface area contributed by atoms with Crippen LogP contribution in [0.2, 0.25) is 0 Å². The average Bonchev–Trinajstić information content (AvgIpc) is 3.06. The highest BCUT2D eigenvalue weighted by molar-refractivity contribution is 7.13. The third kappa shape index (κ3) is 3.82. The molecule has 0 fully saturated rings. The number of thiophene rings is 1. The van der Waals surface area contributed by atoms with Crippen LogP contribution < -0.4 is 0 Å². The molecule has 0 saturated carbocycles. The van der Waals surface area contributed by atoms with Gasteiger partial charge in [-0.05, 0) is 91.5 Å². The van der Waals surface area contributed by atoms with Crippen LogP contribution in [0.1, 0.15) is 82.4 Å². The number of aryl methyl sites for hydroxylation is 3. The molecule has 1 heterocycles. The molecule has 150 valence electrons. The van der Waals surface area contributed by atoms with E-state index < -0.39 is 0 Å². The minimum absolute atomic E-state index is 0.00123. The van der Waals surface area contributed by atoms with E-state index in [1.54, 1.807) is 23.8 Å². The topological polar surface area (TPSA) is 37.3 Å². The zero-order chi connectivity index (χ0) is 20.5. The maximum atomic E-state index is 12.7. The van der Waals surface area contributed by atoms with Crippen molar-refractivity contribution in [1.29, 1.82) is 0 Å². The summed E-state index contributed by atoms with van der Waals surface area (Å²) < 4.78 is 0. The fraction of sp³-hybridized carbons (Fsp3) is 0.480. The summed E-state index contributed by atoms with van der Waals surface area (Å²) in [4.78, 5) is 15.5. The zero-order valence-corrected chi connectivity index (χ0v) is 18.6. The standard InChI is InChI=1S/C25H32O2S/c1-6-22-20-15-25(7-2,8-3)12-11-19(20)23(28-22)10-9-21(26)18-13-16(4)24(27)17(5)14-18/h9-10,13-14,27H,6-8,11-12,15H2,1-5H3. The van der Waals surface area contributed by atoms with Gasteiger partial charge >= 0.3 is 0 Å². The molecule has 0 amide bonds. The van der Waals surface area contributed by atoms with Crippen LogP contribution in [0.15, 0.2) is 18.2 Å². The molecule has 2 aromatic rings. The first-order valence-electron chi connectivity index (χ1n) is 10.5. The summed E-state index contributed by atoms with van der Waals surface area (Å²) in [6.45, 7) is 10.6. The molecule has 3 rings (SSSR count). The maximum absolute atomic E-state index is 12.7. The Morgan fingerprint density at radius 2 is 1.79 bits per heavy atom. The molecule has 0 radical (unpaired) electrons. The van der Waals surface area contributed by atoms with E-state index in [2.05, 4.69) is 20.8 Å². The van der Waals surface area contributed by atoms with E-state index in [0.717, 1.165) is 24.0 Å². The Bertz CT molecular complexity index is 890. The summed E-state index contributed by atoms with van der Waals surface area (Å²) >= 11 is 1.86. The van der Waals surface area contributed by atoms with E-state index in [1.165, 1.54) is 41.0 Å². The smallest absolute Gasteiger partial charge is 0.185 e. The van der Waals surface area contributed by atoms with Crippen molar-refractivity contribution in [3.63, 3.8) is 0 Å². The molecule has 1 aliphatic carbocycles. The first kappa shape index (κ1) is 20.9. The van der Waals surface area contributed by atoms with Crippen LogP contribution >= 0.6 is 11.3 Å². The minimum Gasteiger partial charge on any atom is -0.507 e. The third-order valence-corrected chi connectivity index (χ3v) is 8.06. The van der Waals surface area contributed by atoms with Gasteiger partial charge in [-0.1, -0.05) is 33.6 Å². The van der Waals surface area contributed by atoms with Crippen molar-refractivity contribution >= 4 is 23.2 Å². The molecule has 3 heteroatoms. The lowest BCUT2D eigenvalue weighted by Crippen LogP contribution is -2.27. The number of hydrogen-bond acceptors (Lipinski definition) is 3. The van der Waals surface area contributed by atoms with Crippen molar-refractivity contribution in [1.82, 2.24) is 0 Å². The number of fused-ring (bicyclic) bond motifs is 1. The second-order valence-electron chi connectivity index (χ2n) is 8.24. The predicted octanol–water partition coefficient (Wildman–Crippen LogP) is 6.82. The minimum atomic E-state index is -0.00123. The van der Waals surface area contributed by atoms with Crippen molar-refractivity contribution in [2.24, 2.45) is 5.41 Å². The van der Waals surface area contributed by atoms with Crippen molar-refractivity contribution in [2.45, 2.75) is 73.1 Å². The summed E-state index contributed by atoms with van der Waals surface area (Å²) in [5, 5.41) is 9.94. The molecule has 0 spiro atoms. The van der Waals surface area contributed by atoms with Gasteiger partial charge in [0.05, 0.1) is 0 Å². The van der Waals surface area contributed by atoms with Crippen molar-refractivity contribution < 1.29 is 9.90 Å². The molecule has 0 aliphatic heterocycles. The quantitative estimate of drug-likeness (QED) is 0.429. The Morgan fingerprint density at radius 3 is 2.36 bits per heavy atom. The number of carbonyl (C=O) groups is 1. The molecule has 0 atom stereocenters. The third-order valence-electron chi connectivity index (χ3n) is 6.67. The number of aromatic hydroxyl groups is 1. The van der Waals surface area contributed by atoms with Crippen LogP contribution in [-0.4, -0.2) is 10.9 Å². The van der Waals surface area contributed by atoms with Gasteiger partial charge in [-0.3, -0.25) is 4.79 Å². The number of hydrogen-bond donors (Lipinski definition) is 1. The molecule has 0 saturated heterocycles. The Labute approximate surface area is 173 Å². The fourth-order valence-electron chi connectivity index (χ4n) is 4.53. The SMILES string of the molecule is CCc1sc(C=CC(=O)c2cc(C)c(O)c(C)c2)c2c1CC(CC)(CC)CC2. The molecular weight excluding hydrogens is 364 g/mol. The number of benzene rings is 1. The highest BCUT2D eigenvalue weighted by Crippen LogP contribution is 2.46. The molecule has 0 bridgehead atoms. The van der Waals surface area contributed by atoms with Crippen LogP contribution in [0.3, 0.4) is 0 Å². The lowest BCUT2D eigenvalue weighted by Gasteiger charge is -2.36. The van der Waals surface area contributed by atoms with E-state index in [4.69, 9.17) is 0 Å². The highest BCUT2D eigenvalue weighted by Gasteiger charge is 2.34.